The second-order valence-corrected chi connectivity index (χ2v) is 5.99. The topological polar surface area (TPSA) is 68.5 Å². The third-order valence-electron chi connectivity index (χ3n) is 4.00. The minimum atomic E-state index is -1.62. The Morgan fingerprint density at radius 2 is 1.69 bits per heavy atom. The number of carbonyl (C=O) groups is 1. The van der Waals surface area contributed by atoms with Crippen LogP contribution in [0.1, 0.15) is 12.5 Å². The lowest BCUT2D eigenvalue weighted by molar-refractivity contribution is -0.140. The number of nitrogens with zero attached hydrogens (tertiary/aromatic N) is 1. The number of halogens is 4. The largest absolute Gasteiger partial charge is 0.478 e. The van der Waals surface area contributed by atoms with E-state index >= 15 is 0 Å². The molecule has 0 saturated heterocycles. The molecule has 0 aliphatic carbocycles. The van der Waals surface area contributed by atoms with Gasteiger partial charge in [-0.3, -0.25) is 0 Å². The molecule has 0 N–H and O–H groups in total. The summed E-state index contributed by atoms with van der Waals surface area (Å²) in [5.41, 5.74) is -0.777. The smallest absolute Gasteiger partial charge is 0.365 e. The Morgan fingerprint density at radius 3 is 2.31 bits per heavy atom. The lowest BCUT2D eigenvalue weighted by Crippen LogP contribution is -2.23. The second-order valence-electron chi connectivity index (χ2n) is 5.84. The van der Waals surface area contributed by atoms with Gasteiger partial charge in [-0.1, -0.05) is 24.3 Å². The Labute approximate surface area is 167 Å². The predicted molar refractivity (Wildman–Crippen MR) is 97.1 cm³/mol. The second kappa shape index (κ2) is 8.29. The summed E-state index contributed by atoms with van der Waals surface area (Å²) < 4.78 is 57.1. The molecule has 0 bridgehead atoms. The van der Waals surface area contributed by atoms with Crippen LogP contribution in [0.15, 0.2) is 42.5 Å². The van der Waals surface area contributed by atoms with E-state index < -0.39 is 40.8 Å². The number of benzene rings is 3. The summed E-state index contributed by atoms with van der Waals surface area (Å²) >= 11 is 5.04. The standard InChI is InChI=1S/C20H11ClF3NO4/c1-10(20(26)29-21)27-15-6-2-5-13-12(15)4-3-7-16(13)28-19-14(22)8-11(9-25)17(23)18(19)24/h2-8,10H,1H3. The highest BCUT2D eigenvalue weighted by Gasteiger charge is 2.22. The number of hydrogen-bond donors (Lipinski definition) is 0. The van der Waals surface area contributed by atoms with Crippen molar-refractivity contribution in [3.8, 4) is 23.3 Å². The van der Waals surface area contributed by atoms with E-state index in [2.05, 4.69) is 4.29 Å². The van der Waals surface area contributed by atoms with E-state index in [0.717, 1.165) is 0 Å². The molecule has 9 heteroatoms. The van der Waals surface area contributed by atoms with Crippen molar-refractivity contribution in [3.63, 3.8) is 0 Å². The van der Waals surface area contributed by atoms with Crippen LogP contribution in [0.4, 0.5) is 13.2 Å². The molecular weight excluding hydrogens is 411 g/mol. The van der Waals surface area contributed by atoms with Gasteiger partial charge in [0.25, 0.3) is 0 Å². The van der Waals surface area contributed by atoms with Gasteiger partial charge in [0.2, 0.25) is 11.6 Å². The molecule has 1 atom stereocenters. The van der Waals surface area contributed by atoms with E-state index in [4.69, 9.17) is 26.6 Å². The summed E-state index contributed by atoms with van der Waals surface area (Å²) in [6, 6.07) is 11.2. The van der Waals surface area contributed by atoms with Gasteiger partial charge in [0.1, 0.15) is 29.4 Å². The SMILES string of the molecule is CC(Oc1cccc2c(Oc3c(F)cc(C#N)c(F)c3F)cccc12)C(=O)OCl. The number of rotatable bonds is 5. The molecule has 3 aromatic rings. The molecule has 148 valence electrons. The fraction of sp³-hybridized carbons (Fsp3) is 0.100. The molecule has 0 aromatic heterocycles. The van der Waals surface area contributed by atoms with Crippen molar-refractivity contribution in [3.05, 3.63) is 65.5 Å². The van der Waals surface area contributed by atoms with Crippen LogP contribution >= 0.6 is 11.9 Å². The van der Waals surface area contributed by atoms with Crippen molar-refractivity contribution in [2.45, 2.75) is 13.0 Å². The average Bonchev–Trinajstić information content (AvgIpc) is 2.73. The minimum Gasteiger partial charge on any atom is -0.478 e. The van der Waals surface area contributed by atoms with Crippen LogP contribution in [0, 0.1) is 28.8 Å². The quantitative estimate of drug-likeness (QED) is 0.517. The van der Waals surface area contributed by atoms with E-state index in [1.807, 2.05) is 0 Å². The Balaban J connectivity index is 2.05. The van der Waals surface area contributed by atoms with Crippen molar-refractivity contribution in [2.24, 2.45) is 0 Å². The monoisotopic (exact) mass is 421 g/mol. The highest BCUT2D eigenvalue weighted by Crippen LogP contribution is 2.37. The molecule has 0 spiro atoms. The Bertz CT molecular complexity index is 1150. The summed E-state index contributed by atoms with van der Waals surface area (Å²) in [6.45, 7) is 1.42. The summed E-state index contributed by atoms with van der Waals surface area (Å²) in [5.74, 6) is -5.90. The molecule has 29 heavy (non-hydrogen) atoms. The fourth-order valence-electron chi connectivity index (χ4n) is 2.61. The van der Waals surface area contributed by atoms with Crippen LogP contribution in [0.3, 0.4) is 0 Å². The normalized spacial score (nSPS) is 11.6. The van der Waals surface area contributed by atoms with E-state index in [0.29, 0.717) is 16.8 Å². The zero-order chi connectivity index (χ0) is 21.1. The van der Waals surface area contributed by atoms with Crippen LogP contribution in [-0.2, 0) is 9.08 Å². The molecule has 0 aliphatic heterocycles. The predicted octanol–water partition coefficient (Wildman–Crippen LogP) is 5.39. The number of carbonyl (C=O) groups excluding carboxylic acids is 1. The third-order valence-corrected chi connectivity index (χ3v) is 4.15. The van der Waals surface area contributed by atoms with Gasteiger partial charge in [-0.05, 0) is 25.1 Å². The highest BCUT2D eigenvalue weighted by molar-refractivity contribution is 6.13. The van der Waals surface area contributed by atoms with E-state index in [1.54, 1.807) is 24.3 Å². The Hall–Kier alpha value is -3.44. The van der Waals surface area contributed by atoms with Gasteiger partial charge in [0, 0.05) is 10.8 Å². The van der Waals surface area contributed by atoms with Crippen LogP contribution < -0.4 is 9.47 Å². The summed E-state index contributed by atoms with van der Waals surface area (Å²) in [7, 11) is 0. The zero-order valence-corrected chi connectivity index (χ0v) is 15.5. The Kier molecular flexibility index (Phi) is 5.80. The number of hydrogen-bond acceptors (Lipinski definition) is 5. The van der Waals surface area contributed by atoms with E-state index in [-0.39, 0.29) is 11.5 Å². The first-order chi connectivity index (χ1) is 13.9. The highest BCUT2D eigenvalue weighted by atomic mass is 35.5. The maximum Gasteiger partial charge on any atom is 0.365 e. The molecule has 0 radical (unpaired) electrons. The summed E-state index contributed by atoms with van der Waals surface area (Å²) in [5, 5.41) is 9.56. The van der Waals surface area contributed by atoms with Crippen molar-refractivity contribution < 1.29 is 31.7 Å². The molecule has 3 aromatic carbocycles. The van der Waals surface area contributed by atoms with Crippen LogP contribution in [0.25, 0.3) is 10.8 Å². The van der Waals surface area contributed by atoms with E-state index in [9.17, 15) is 18.0 Å². The first-order valence-electron chi connectivity index (χ1n) is 8.13. The van der Waals surface area contributed by atoms with Gasteiger partial charge in [0.05, 0.1) is 5.56 Å². The number of nitriles is 1. The maximum absolute atomic E-state index is 14.2. The van der Waals surface area contributed by atoms with Crippen LogP contribution in [-0.4, -0.2) is 12.1 Å². The van der Waals surface area contributed by atoms with Gasteiger partial charge >= 0.3 is 5.97 Å². The summed E-state index contributed by atoms with van der Waals surface area (Å²) in [4.78, 5) is 11.5. The zero-order valence-electron chi connectivity index (χ0n) is 14.7. The van der Waals surface area contributed by atoms with Gasteiger partial charge < -0.3 is 13.8 Å². The number of fused-ring (bicyclic) bond motifs is 1. The maximum atomic E-state index is 14.2. The molecule has 0 amide bonds. The van der Waals surface area contributed by atoms with Crippen molar-refractivity contribution >= 4 is 28.6 Å². The van der Waals surface area contributed by atoms with Gasteiger partial charge in [-0.25, -0.2) is 13.6 Å². The van der Waals surface area contributed by atoms with Crippen molar-refractivity contribution in [1.29, 1.82) is 5.26 Å². The lowest BCUT2D eigenvalue weighted by atomic mass is 10.1. The van der Waals surface area contributed by atoms with Gasteiger partial charge in [-0.2, -0.15) is 9.65 Å². The van der Waals surface area contributed by atoms with Crippen molar-refractivity contribution in [1.82, 2.24) is 0 Å². The van der Waals surface area contributed by atoms with Crippen molar-refractivity contribution in [2.75, 3.05) is 0 Å². The molecule has 0 fully saturated rings. The molecular formula is C20H11ClF3NO4. The summed E-state index contributed by atoms with van der Waals surface area (Å²) in [6.07, 6.45) is -1.02. The minimum absolute atomic E-state index is 0.00225. The molecule has 3 rings (SSSR count). The molecule has 0 aliphatic rings. The van der Waals surface area contributed by atoms with Crippen LogP contribution in [0.2, 0.25) is 0 Å². The first-order valence-corrected chi connectivity index (χ1v) is 8.44. The lowest BCUT2D eigenvalue weighted by Gasteiger charge is -2.15. The van der Waals surface area contributed by atoms with Gasteiger partial charge in [-0.15, -0.1) is 0 Å². The molecule has 5 nitrogen and oxygen atoms in total. The number of ether oxygens (including phenoxy) is 2. The first kappa shape index (κ1) is 20.3. The van der Waals surface area contributed by atoms with E-state index in [1.165, 1.54) is 25.1 Å². The average molecular weight is 422 g/mol. The fourth-order valence-corrected chi connectivity index (χ4v) is 2.73. The molecule has 1 unspecified atom stereocenters. The third kappa shape index (κ3) is 3.91. The molecule has 0 saturated carbocycles. The Morgan fingerprint density at radius 1 is 1.07 bits per heavy atom. The van der Waals surface area contributed by atoms with Gasteiger partial charge in [0.15, 0.2) is 17.7 Å². The molecule has 0 heterocycles. The van der Waals surface area contributed by atoms with Crippen LogP contribution in [0.5, 0.6) is 17.2 Å².